The Morgan fingerprint density at radius 3 is 2.78 bits per heavy atom. The molecule has 2 aromatic rings. The number of nitrogens with zero attached hydrogens (tertiary/aromatic N) is 1. The van der Waals surface area contributed by atoms with Crippen LogP contribution in [0.3, 0.4) is 0 Å². The van der Waals surface area contributed by atoms with Crippen LogP contribution in [0.2, 0.25) is 0 Å². The molecule has 0 aliphatic heterocycles. The number of aryl methyl sites for hydroxylation is 1. The van der Waals surface area contributed by atoms with Crippen LogP contribution in [-0.2, 0) is 0 Å². The summed E-state index contributed by atoms with van der Waals surface area (Å²) in [4.78, 5) is 12.0. The molecule has 0 atom stereocenters. The topological polar surface area (TPSA) is 83.8 Å². The zero-order valence-corrected chi connectivity index (χ0v) is 10.0. The molecule has 5 nitrogen and oxygen atoms in total. The molecule has 94 valence electrons. The molecular formula is C12H13FN4O. The maximum absolute atomic E-state index is 13.3. The summed E-state index contributed by atoms with van der Waals surface area (Å²) in [6, 6.07) is 4.49. The number of carbonyl (C=O) groups is 1. The van der Waals surface area contributed by atoms with E-state index in [1.54, 1.807) is 19.9 Å². The minimum atomic E-state index is -0.410. The van der Waals surface area contributed by atoms with E-state index in [4.69, 9.17) is 5.73 Å². The Morgan fingerprint density at radius 1 is 1.44 bits per heavy atom. The van der Waals surface area contributed by atoms with Crippen LogP contribution in [0.1, 0.15) is 21.6 Å². The zero-order chi connectivity index (χ0) is 13.3. The fourth-order valence-electron chi connectivity index (χ4n) is 1.66. The van der Waals surface area contributed by atoms with E-state index in [0.717, 1.165) is 0 Å². The van der Waals surface area contributed by atoms with Crippen LogP contribution in [-0.4, -0.2) is 16.1 Å². The van der Waals surface area contributed by atoms with Crippen molar-refractivity contribution in [1.82, 2.24) is 10.2 Å². The van der Waals surface area contributed by atoms with Gasteiger partial charge in [-0.1, -0.05) is 6.07 Å². The number of nitrogens with two attached hydrogens (primary N) is 1. The molecule has 6 heteroatoms. The van der Waals surface area contributed by atoms with Gasteiger partial charge in [0.2, 0.25) is 0 Å². The summed E-state index contributed by atoms with van der Waals surface area (Å²) in [7, 11) is 0. The highest BCUT2D eigenvalue weighted by Crippen LogP contribution is 2.20. The van der Waals surface area contributed by atoms with E-state index in [9.17, 15) is 9.18 Å². The average molecular weight is 248 g/mol. The van der Waals surface area contributed by atoms with Crippen LogP contribution in [0.25, 0.3) is 0 Å². The predicted molar refractivity (Wildman–Crippen MR) is 66.8 cm³/mol. The van der Waals surface area contributed by atoms with Crippen LogP contribution in [0, 0.1) is 19.7 Å². The molecule has 0 bridgehead atoms. The molecule has 1 heterocycles. The van der Waals surface area contributed by atoms with Crippen molar-refractivity contribution in [1.29, 1.82) is 0 Å². The first kappa shape index (κ1) is 12.1. The predicted octanol–water partition coefficient (Wildman–Crippen LogP) is 2.00. The van der Waals surface area contributed by atoms with Gasteiger partial charge in [0.25, 0.3) is 5.91 Å². The summed E-state index contributed by atoms with van der Waals surface area (Å²) in [5.41, 5.74) is 7.23. The van der Waals surface area contributed by atoms with Gasteiger partial charge in [0.15, 0.2) is 5.82 Å². The largest absolute Gasteiger partial charge is 0.382 e. The van der Waals surface area contributed by atoms with Crippen molar-refractivity contribution in [2.45, 2.75) is 13.8 Å². The average Bonchev–Trinajstić information content (AvgIpc) is 2.65. The normalized spacial score (nSPS) is 10.4. The smallest absolute Gasteiger partial charge is 0.261 e. The molecule has 18 heavy (non-hydrogen) atoms. The third kappa shape index (κ3) is 2.04. The lowest BCUT2D eigenvalue weighted by Crippen LogP contribution is -2.15. The summed E-state index contributed by atoms with van der Waals surface area (Å²) < 4.78 is 13.3. The van der Waals surface area contributed by atoms with Crippen molar-refractivity contribution in [3.8, 4) is 0 Å². The second kappa shape index (κ2) is 4.48. The van der Waals surface area contributed by atoms with E-state index < -0.39 is 5.91 Å². The Kier molecular flexibility index (Phi) is 3.01. The molecule has 0 radical (unpaired) electrons. The highest BCUT2D eigenvalue weighted by atomic mass is 19.1. The molecule has 0 aliphatic carbocycles. The van der Waals surface area contributed by atoms with Gasteiger partial charge in [0.05, 0.1) is 0 Å². The van der Waals surface area contributed by atoms with Gasteiger partial charge in [-0.05, 0) is 26.0 Å². The van der Waals surface area contributed by atoms with Crippen LogP contribution in [0.15, 0.2) is 18.2 Å². The van der Waals surface area contributed by atoms with E-state index in [2.05, 4.69) is 15.5 Å². The molecule has 2 rings (SSSR count). The summed E-state index contributed by atoms with van der Waals surface area (Å²) in [5, 5.41) is 8.97. The van der Waals surface area contributed by atoms with E-state index in [0.29, 0.717) is 16.9 Å². The SMILES string of the molecule is Cc1[nH]nc(N)c1C(=O)Nc1cccc(F)c1C. The number of aromatic amines is 1. The Hall–Kier alpha value is -2.37. The van der Waals surface area contributed by atoms with Gasteiger partial charge in [0, 0.05) is 16.9 Å². The number of nitrogens with one attached hydrogen (secondary N) is 2. The van der Waals surface area contributed by atoms with E-state index >= 15 is 0 Å². The second-order valence-electron chi connectivity index (χ2n) is 3.98. The number of hydrogen-bond acceptors (Lipinski definition) is 3. The van der Waals surface area contributed by atoms with Crippen LogP contribution < -0.4 is 11.1 Å². The molecule has 0 saturated heterocycles. The number of benzene rings is 1. The number of carbonyl (C=O) groups excluding carboxylic acids is 1. The quantitative estimate of drug-likeness (QED) is 0.760. The molecule has 0 spiro atoms. The summed E-state index contributed by atoms with van der Waals surface area (Å²) in [6.45, 7) is 3.28. The summed E-state index contributed by atoms with van der Waals surface area (Å²) in [5.74, 6) is -0.656. The lowest BCUT2D eigenvalue weighted by atomic mass is 10.1. The van der Waals surface area contributed by atoms with Crippen molar-refractivity contribution in [3.63, 3.8) is 0 Å². The summed E-state index contributed by atoms with van der Waals surface area (Å²) in [6.07, 6.45) is 0. The molecule has 1 amide bonds. The number of H-pyrrole nitrogens is 1. The van der Waals surface area contributed by atoms with Gasteiger partial charge in [-0.15, -0.1) is 0 Å². The van der Waals surface area contributed by atoms with Gasteiger partial charge in [0.1, 0.15) is 11.4 Å². The maximum Gasteiger partial charge on any atom is 0.261 e. The molecule has 0 aliphatic rings. The molecular weight excluding hydrogens is 235 g/mol. The van der Waals surface area contributed by atoms with Crippen LogP contribution in [0.4, 0.5) is 15.9 Å². The van der Waals surface area contributed by atoms with Crippen molar-refractivity contribution in [3.05, 3.63) is 40.8 Å². The number of nitrogen functional groups attached to an aromatic ring is 1. The number of aromatic nitrogens is 2. The lowest BCUT2D eigenvalue weighted by Gasteiger charge is -2.08. The first-order chi connectivity index (χ1) is 8.50. The maximum atomic E-state index is 13.3. The number of amides is 1. The number of anilines is 2. The Balaban J connectivity index is 2.30. The van der Waals surface area contributed by atoms with Crippen LogP contribution in [0.5, 0.6) is 0 Å². The van der Waals surface area contributed by atoms with Crippen molar-refractivity contribution in [2.75, 3.05) is 11.1 Å². The van der Waals surface area contributed by atoms with Crippen molar-refractivity contribution < 1.29 is 9.18 Å². The van der Waals surface area contributed by atoms with E-state index in [1.165, 1.54) is 12.1 Å². The van der Waals surface area contributed by atoms with Gasteiger partial charge < -0.3 is 11.1 Å². The minimum Gasteiger partial charge on any atom is -0.382 e. The molecule has 1 aromatic heterocycles. The van der Waals surface area contributed by atoms with Crippen molar-refractivity contribution >= 4 is 17.4 Å². The molecule has 4 N–H and O–H groups in total. The monoisotopic (exact) mass is 248 g/mol. The first-order valence-corrected chi connectivity index (χ1v) is 5.37. The Labute approximate surface area is 103 Å². The van der Waals surface area contributed by atoms with Crippen molar-refractivity contribution in [2.24, 2.45) is 0 Å². The fourth-order valence-corrected chi connectivity index (χ4v) is 1.66. The van der Waals surface area contributed by atoms with Gasteiger partial charge in [-0.3, -0.25) is 9.89 Å². The van der Waals surface area contributed by atoms with Crippen LogP contribution >= 0.6 is 0 Å². The minimum absolute atomic E-state index is 0.124. The third-order valence-electron chi connectivity index (χ3n) is 2.72. The zero-order valence-electron chi connectivity index (χ0n) is 10.0. The third-order valence-corrected chi connectivity index (χ3v) is 2.72. The highest BCUT2D eigenvalue weighted by Gasteiger charge is 2.17. The van der Waals surface area contributed by atoms with Gasteiger partial charge >= 0.3 is 0 Å². The van der Waals surface area contributed by atoms with E-state index in [1.807, 2.05) is 0 Å². The fraction of sp³-hybridized carbons (Fsp3) is 0.167. The Bertz CT molecular complexity index is 587. The number of hydrogen-bond donors (Lipinski definition) is 3. The molecule has 0 unspecified atom stereocenters. The molecule has 0 fully saturated rings. The number of halogens is 1. The molecule has 0 saturated carbocycles. The van der Waals surface area contributed by atoms with Gasteiger partial charge in [-0.25, -0.2) is 4.39 Å². The second-order valence-corrected chi connectivity index (χ2v) is 3.98. The molecule has 1 aromatic carbocycles. The Morgan fingerprint density at radius 2 is 2.17 bits per heavy atom. The standard InChI is InChI=1S/C12H13FN4O/c1-6-8(13)4-3-5-9(6)15-12(18)10-7(2)16-17-11(10)14/h3-5H,1-2H3,(H,15,18)(H3,14,16,17). The summed E-state index contributed by atoms with van der Waals surface area (Å²) >= 11 is 0. The first-order valence-electron chi connectivity index (χ1n) is 5.37. The van der Waals surface area contributed by atoms with Gasteiger partial charge in [-0.2, -0.15) is 5.10 Å². The lowest BCUT2D eigenvalue weighted by molar-refractivity contribution is 0.102. The highest BCUT2D eigenvalue weighted by molar-refractivity contribution is 6.08. The number of rotatable bonds is 2. The van der Waals surface area contributed by atoms with E-state index in [-0.39, 0.29) is 17.2 Å².